The Kier molecular flexibility index (Phi) is 6.28. The predicted octanol–water partition coefficient (Wildman–Crippen LogP) is 6.79. The number of rotatable bonds is 4. The summed E-state index contributed by atoms with van der Waals surface area (Å²) in [6.07, 6.45) is 7.94. The van der Waals surface area contributed by atoms with E-state index in [1.807, 2.05) is 42.9 Å². The summed E-state index contributed by atoms with van der Waals surface area (Å²) in [5, 5.41) is 17.0. The highest BCUT2D eigenvalue weighted by atomic mass is 35.5. The van der Waals surface area contributed by atoms with E-state index in [0.717, 1.165) is 53.2 Å². The molecule has 0 radical (unpaired) electrons. The minimum Gasteiger partial charge on any atom is -0.389 e. The summed E-state index contributed by atoms with van der Waals surface area (Å²) in [4.78, 5) is 0. The van der Waals surface area contributed by atoms with Gasteiger partial charge in [-0.25, -0.2) is 9.07 Å². The van der Waals surface area contributed by atoms with Crippen molar-refractivity contribution < 1.29 is 9.50 Å². The lowest BCUT2D eigenvalue weighted by Gasteiger charge is -2.42. The van der Waals surface area contributed by atoms with Crippen LogP contribution in [-0.2, 0) is 12.8 Å². The maximum Gasteiger partial charge on any atom is 0.123 e. The van der Waals surface area contributed by atoms with Gasteiger partial charge in [-0.1, -0.05) is 50.1 Å². The van der Waals surface area contributed by atoms with Gasteiger partial charge in [-0.15, -0.1) is 0 Å². The maximum absolute atomic E-state index is 13.3. The van der Waals surface area contributed by atoms with Crippen molar-refractivity contribution in [1.82, 2.24) is 9.78 Å². The lowest BCUT2D eigenvalue weighted by atomic mass is 9.65. The minimum atomic E-state index is -0.767. The second-order valence-electron chi connectivity index (χ2n) is 8.78. The van der Waals surface area contributed by atoms with Crippen LogP contribution in [0.5, 0.6) is 0 Å². The summed E-state index contributed by atoms with van der Waals surface area (Å²) in [5.74, 6) is -0.258. The van der Waals surface area contributed by atoms with Gasteiger partial charge in [-0.3, -0.25) is 0 Å². The molecule has 2 aliphatic carbocycles. The zero-order valence-electron chi connectivity index (χ0n) is 18.9. The van der Waals surface area contributed by atoms with E-state index in [4.69, 9.17) is 11.6 Å². The first-order chi connectivity index (χ1) is 15.4. The number of hydrogen-bond acceptors (Lipinski definition) is 2. The molecule has 2 aromatic carbocycles. The summed E-state index contributed by atoms with van der Waals surface area (Å²) >= 11 is 6.13. The average molecular weight is 453 g/mol. The Balaban J connectivity index is 0.00000119. The summed E-state index contributed by atoms with van der Waals surface area (Å²) < 4.78 is 15.2. The number of halogens is 2. The normalized spacial score (nSPS) is 23.6. The van der Waals surface area contributed by atoms with Crippen LogP contribution in [0.25, 0.3) is 11.8 Å². The highest BCUT2D eigenvalue weighted by Gasteiger charge is 2.54. The number of aryl methyl sites for hydroxylation is 1. The molecule has 2 unspecified atom stereocenters. The number of fused-ring (bicyclic) bond motifs is 2. The van der Waals surface area contributed by atoms with E-state index >= 15 is 0 Å². The molecule has 0 bridgehead atoms. The van der Waals surface area contributed by atoms with Crippen LogP contribution in [0.15, 0.2) is 60.3 Å². The van der Waals surface area contributed by atoms with E-state index in [0.29, 0.717) is 6.42 Å². The fraction of sp³-hybridized carbons (Fsp3) is 0.370. The average Bonchev–Trinajstić information content (AvgIpc) is 3.31. The van der Waals surface area contributed by atoms with Crippen molar-refractivity contribution in [3.63, 3.8) is 0 Å². The first kappa shape index (κ1) is 22.8. The first-order valence-electron chi connectivity index (χ1n) is 11.4. The van der Waals surface area contributed by atoms with Gasteiger partial charge < -0.3 is 5.11 Å². The standard InChI is InChI=1S/C25H24ClFN2O.C2H6/c1-24-15-18-16-28-29(22-7-5-21(27)6-8-22)23(18)14-19(24)10-12-25(24,30)11-9-17-3-2-4-20(26)13-17;1-2/h2-8,13-14,16,30H,9-12,15H2,1H3;1-2H3. The Bertz CT molecular complexity index is 1140. The molecule has 1 aromatic heterocycles. The number of hydrogen-bond donors (Lipinski definition) is 1. The Hall–Kier alpha value is -2.43. The van der Waals surface area contributed by atoms with Crippen molar-refractivity contribution in [1.29, 1.82) is 0 Å². The molecule has 1 fully saturated rings. The molecule has 5 heteroatoms. The van der Waals surface area contributed by atoms with Gasteiger partial charge in [-0.2, -0.15) is 5.10 Å². The molecule has 0 saturated heterocycles. The summed E-state index contributed by atoms with van der Waals surface area (Å²) in [7, 11) is 0. The van der Waals surface area contributed by atoms with Crippen LogP contribution in [0.3, 0.4) is 0 Å². The molecule has 1 saturated carbocycles. The zero-order valence-corrected chi connectivity index (χ0v) is 19.7. The number of aromatic nitrogens is 2. The first-order valence-corrected chi connectivity index (χ1v) is 11.8. The Morgan fingerprint density at radius 3 is 2.62 bits per heavy atom. The van der Waals surface area contributed by atoms with Crippen LogP contribution >= 0.6 is 11.6 Å². The van der Waals surface area contributed by atoms with Crippen molar-refractivity contribution in [2.75, 3.05) is 0 Å². The van der Waals surface area contributed by atoms with Crippen molar-refractivity contribution in [3.8, 4) is 5.69 Å². The Morgan fingerprint density at radius 2 is 1.91 bits per heavy atom. The SMILES string of the molecule is CC.CC12Cc3cnn(-c4ccc(F)cc4)c3C=C1CCC2(O)CCc1cccc(Cl)c1. The van der Waals surface area contributed by atoms with E-state index in [1.54, 1.807) is 12.1 Å². The third-order valence-corrected chi connectivity index (χ3v) is 7.31. The van der Waals surface area contributed by atoms with E-state index in [9.17, 15) is 9.50 Å². The summed E-state index contributed by atoms with van der Waals surface area (Å²) in [5.41, 5.74) is 4.34. The van der Waals surface area contributed by atoms with Crippen LogP contribution in [0.2, 0.25) is 5.02 Å². The van der Waals surface area contributed by atoms with Crippen molar-refractivity contribution >= 4 is 17.7 Å². The zero-order chi connectivity index (χ0) is 22.9. The van der Waals surface area contributed by atoms with E-state index < -0.39 is 5.60 Å². The fourth-order valence-corrected chi connectivity index (χ4v) is 5.37. The smallest absolute Gasteiger partial charge is 0.123 e. The summed E-state index contributed by atoms with van der Waals surface area (Å²) in [6, 6.07) is 14.3. The molecule has 2 aliphatic rings. The molecular formula is C27H30ClFN2O. The molecule has 2 atom stereocenters. The van der Waals surface area contributed by atoms with E-state index in [1.165, 1.54) is 17.7 Å². The molecule has 32 heavy (non-hydrogen) atoms. The maximum atomic E-state index is 13.3. The van der Waals surface area contributed by atoms with Gasteiger partial charge in [0, 0.05) is 10.4 Å². The van der Waals surface area contributed by atoms with Crippen molar-refractivity contribution in [3.05, 3.63) is 88.0 Å². The van der Waals surface area contributed by atoms with Crippen LogP contribution in [0, 0.1) is 11.2 Å². The Labute approximate surface area is 194 Å². The molecule has 168 valence electrons. The molecule has 0 aliphatic heterocycles. The van der Waals surface area contributed by atoms with Crippen LogP contribution < -0.4 is 0 Å². The van der Waals surface area contributed by atoms with Crippen LogP contribution in [-0.4, -0.2) is 20.5 Å². The van der Waals surface area contributed by atoms with Gasteiger partial charge in [-0.05, 0) is 85.7 Å². The minimum absolute atomic E-state index is 0.258. The molecule has 1 N–H and O–H groups in total. The third kappa shape index (κ3) is 3.91. The molecule has 0 amide bonds. The number of benzene rings is 2. The largest absolute Gasteiger partial charge is 0.389 e. The van der Waals surface area contributed by atoms with Gasteiger partial charge >= 0.3 is 0 Å². The van der Waals surface area contributed by atoms with Gasteiger partial charge in [0.05, 0.1) is 23.2 Å². The number of aliphatic hydroxyl groups is 1. The Morgan fingerprint density at radius 1 is 1.16 bits per heavy atom. The van der Waals surface area contributed by atoms with Gasteiger partial charge in [0.1, 0.15) is 5.82 Å². The molecule has 3 nitrogen and oxygen atoms in total. The predicted molar refractivity (Wildman–Crippen MR) is 129 cm³/mol. The lowest BCUT2D eigenvalue weighted by Crippen LogP contribution is -2.45. The second-order valence-corrected chi connectivity index (χ2v) is 9.22. The fourth-order valence-electron chi connectivity index (χ4n) is 5.16. The third-order valence-electron chi connectivity index (χ3n) is 7.07. The van der Waals surface area contributed by atoms with Gasteiger partial charge in [0.25, 0.3) is 0 Å². The van der Waals surface area contributed by atoms with Crippen LogP contribution in [0.4, 0.5) is 4.39 Å². The van der Waals surface area contributed by atoms with Crippen molar-refractivity contribution in [2.45, 2.75) is 58.5 Å². The number of nitrogens with zero attached hydrogens (tertiary/aromatic N) is 2. The molecular weight excluding hydrogens is 423 g/mol. The van der Waals surface area contributed by atoms with E-state index in [-0.39, 0.29) is 11.2 Å². The molecule has 3 aromatic rings. The van der Waals surface area contributed by atoms with Crippen LogP contribution in [0.1, 0.15) is 56.9 Å². The highest BCUT2D eigenvalue weighted by Crippen LogP contribution is 2.56. The molecule has 0 spiro atoms. The monoisotopic (exact) mass is 452 g/mol. The van der Waals surface area contributed by atoms with Gasteiger partial charge in [0.15, 0.2) is 0 Å². The molecule has 1 heterocycles. The second kappa shape index (κ2) is 8.84. The highest BCUT2D eigenvalue weighted by molar-refractivity contribution is 6.30. The van der Waals surface area contributed by atoms with E-state index in [2.05, 4.69) is 24.2 Å². The lowest BCUT2D eigenvalue weighted by molar-refractivity contribution is -0.0461. The van der Waals surface area contributed by atoms with Gasteiger partial charge in [0.2, 0.25) is 0 Å². The molecule has 5 rings (SSSR count). The quantitative estimate of drug-likeness (QED) is 0.473. The van der Waals surface area contributed by atoms with Crippen molar-refractivity contribution in [2.24, 2.45) is 5.41 Å². The topological polar surface area (TPSA) is 38.0 Å². The summed E-state index contributed by atoms with van der Waals surface area (Å²) in [6.45, 7) is 6.18.